The first-order chi connectivity index (χ1) is 13.4. The normalized spacial score (nSPS) is 11.8. The molecular weight excluding hydrogens is 431 g/mol. The van der Waals surface area contributed by atoms with Gasteiger partial charge in [0.25, 0.3) is 5.91 Å². The lowest BCUT2D eigenvalue weighted by molar-refractivity contribution is -0.141. The van der Waals surface area contributed by atoms with Crippen molar-refractivity contribution in [2.24, 2.45) is 5.73 Å². The van der Waals surface area contributed by atoms with Gasteiger partial charge < -0.3 is 11.1 Å². The smallest absolute Gasteiger partial charge is 0.365 e. The van der Waals surface area contributed by atoms with Gasteiger partial charge in [-0.05, 0) is 32.4 Å². The number of alkyl halides is 3. The molecule has 12 heteroatoms. The molecule has 3 aromatic rings. The monoisotopic (exact) mass is 445 g/mol. The number of thiophene rings is 1. The van der Waals surface area contributed by atoms with Gasteiger partial charge in [-0.2, -0.15) is 18.3 Å². The predicted octanol–water partition coefficient (Wildman–Crippen LogP) is 3.83. The zero-order chi connectivity index (χ0) is 21.7. The number of carbonyl (C=O) groups excluding carboxylic acids is 2. The van der Waals surface area contributed by atoms with E-state index in [1.807, 2.05) is 0 Å². The summed E-state index contributed by atoms with van der Waals surface area (Å²) in [6, 6.07) is 0.857. The van der Waals surface area contributed by atoms with Crippen molar-refractivity contribution in [2.75, 3.05) is 5.32 Å². The first kappa shape index (κ1) is 21.1. The van der Waals surface area contributed by atoms with Crippen LogP contribution in [0.2, 0.25) is 5.02 Å². The van der Waals surface area contributed by atoms with Crippen LogP contribution in [0.1, 0.15) is 32.3 Å². The van der Waals surface area contributed by atoms with Crippen molar-refractivity contribution in [3.05, 3.63) is 38.6 Å². The molecule has 0 bridgehead atoms. The molecule has 0 spiro atoms. The van der Waals surface area contributed by atoms with E-state index in [0.717, 1.165) is 6.07 Å². The molecule has 7 nitrogen and oxygen atoms in total. The Bertz CT molecular complexity index is 1150. The van der Waals surface area contributed by atoms with Crippen molar-refractivity contribution in [1.82, 2.24) is 14.8 Å². The van der Waals surface area contributed by atoms with Gasteiger partial charge in [0, 0.05) is 5.39 Å². The summed E-state index contributed by atoms with van der Waals surface area (Å²) >= 11 is 6.76. The van der Waals surface area contributed by atoms with Crippen molar-refractivity contribution in [3.8, 4) is 0 Å². The highest BCUT2D eigenvalue weighted by Gasteiger charge is 2.34. The molecule has 2 amide bonds. The largest absolute Gasteiger partial charge is 0.433 e. The summed E-state index contributed by atoms with van der Waals surface area (Å²) in [7, 11) is 0. The Morgan fingerprint density at radius 2 is 1.97 bits per heavy atom. The van der Waals surface area contributed by atoms with Crippen LogP contribution in [-0.4, -0.2) is 26.6 Å². The highest BCUT2D eigenvalue weighted by molar-refractivity contribution is 7.21. The van der Waals surface area contributed by atoms with E-state index in [4.69, 9.17) is 17.3 Å². The summed E-state index contributed by atoms with van der Waals surface area (Å²) in [5.74, 6) is -1.43. The Hall–Kier alpha value is -2.66. The number of aromatic nitrogens is 3. The van der Waals surface area contributed by atoms with Crippen molar-refractivity contribution >= 4 is 50.7 Å². The summed E-state index contributed by atoms with van der Waals surface area (Å²) in [6.07, 6.45) is -4.64. The number of nitrogens with one attached hydrogen (secondary N) is 1. The van der Waals surface area contributed by atoms with Gasteiger partial charge in [0.1, 0.15) is 21.9 Å². The summed E-state index contributed by atoms with van der Waals surface area (Å²) in [6.45, 7) is 4.61. The van der Waals surface area contributed by atoms with Gasteiger partial charge in [-0.25, -0.2) is 4.98 Å². The topological polar surface area (TPSA) is 103 Å². The van der Waals surface area contributed by atoms with Crippen molar-refractivity contribution < 1.29 is 22.8 Å². The maximum absolute atomic E-state index is 13.0. The minimum absolute atomic E-state index is 0.0360. The summed E-state index contributed by atoms with van der Waals surface area (Å²) < 4.78 is 40.5. The van der Waals surface area contributed by atoms with Gasteiger partial charge >= 0.3 is 6.18 Å². The minimum Gasteiger partial charge on any atom is -0.365 e. The Balaban J connectivity index is 2.03. The summed E-state index contributed by atoms with van der Waals surface area (Å²) in [4.78, 5) is 27.8. The van der Waals surface area contributed by atoms with E-state index < -0.39 is 23.7 Å². The molecule has 3 heterocycles. The molecular formula is C17H15ClF3N5O2S. The third kappa shape index (κ3) is 3.92. The number of primary amides is 1. The molecule has 0 radical (unpaired) electrons. The van der Waals surface area contributed by atoms with Crippen molar-refractivity contribution in [2.45, 2.75) is 33.5 Å². The van der Waals surface area contributed by atoms with Gasteiger partial charge in [-0.1, -0.05) is 11.6 Å². The molecule has 0 aliphatic carbocycles. The number of amides is 2. The molecule has 154 valence electrons. The quantitative estimate of drug-likeness (QED) is 0.637. The summed E-state index contributed by atoms with van der Waals surface area (Å²) in [5.41, 5.74) is 5.65. The van der Waals surface area contributed by atoms with E-state index >= 15 is 0 Å². The third-order valence-corrected chi connectivity index (χ3v) is 5.87. The minimum atomic E-state index is -4.64. The molecule has 0 atom stereocenters. The van der Waals surface area contributed by atoms with Crippen LogP contribution in [0.3, 0.4) is 0 Å². The number of nitrogens with two attached hydrogens (primary N) is 1. The molecule has 0 aromatic carbocycles. The van der Waals surface area contributed by atoms with Gasteiger partial charge in [0.2, 0.25) is 5.91 Å². The number of rotatable bonds is 4. The Morgan fingerprint density at radius 1 is 1.31 bits per heavy atom. The highest BCUT2D eigenvalue weighted by atomic mass is 35.5. The van der Waals surface area contributed by atoms with Gasteiger partial charge in [-0.3, -0.25) is 14.3 Å². The number of hydrogen-bond acceptors (Lipinski definition) is 5. The second-order valence-corrected chi connectivity index (χ2v) is 7.74. The maximum Gasteiger partial charge on any atom is 0.433 e. The van der Waals surface area contributed by atoms with Crippen LogP contribution in [0.4, 0.5) is 18.9 Å². The molecule has 3 aromatic heterocycles. The second kappa shape index (κ2) is 7.30. The van der Waals surface area contributed by atoms with E-state index in [2.05, 4.69) is 15.4 Å². The van der Waals surface area contributed by atoms with Crippen LogP contribution in [0.25, 0.3) is 10.2 Å². The first-order valence-electron chi connectivity index (χ1n) is 8.20. The number of halogens is 4. The van der Waals surface area contributed by atoms with Gasteiger partial charge in [0.15, 0.2) is 0 Å². The number of anilines is 1. The molecule has 0 saturated carbocycles. The molecule has 29 heavy (non-hydrogen) atoms. The first-order valence-corrected chi connectivity index (χ1v) is 9.40. The second-order valence-electron chi connectivity index (χ2n) is 6.36. The van der Waals surface area contributed by atoms with Crippen LogP contribution < -0.4 is 11.1 Å². The van der Waals surface area contributed by atoms with Crippen molar-refractivity contribution in [1.29, 1.82) is 0 Å². The maximum atomic E-state index is 13.0. The number of hydrogen-bond donors (Lipinski definition) is 2. The molecule has 0 aliphatic heterocycles. The standard InChI is InChI=1S/C17H15ClF3N5O2S/c1-6-4-9(17(19,20)21)23-16-11(6)13(14(29-16)15(22)28)24-10(27)5-26-8(3)12(18)7(2)25-26/h4H,5H2,1-3H3,(H2,22,28)(H,24,27). The SMILES string of the molecule is Cc1nn(CC(=O)Nc2c(C(N)=O)sc3nc(C(F)(F)F)cc(C)c23)c(C)c1Cl. The third-order valence-electron chi connectivity index (χ3n) is 4.22. The zero-order valence-corrected chi connectivity index (χ0v) is 17.0. The average molecular weight is 446 g/mol. The van der Waals surface area contributed by atoms with Crippen LogP contribution >= 0.6 is 22.9 Å². The Labute approximate surface area is 171 Å². The number of carbonyl (C=O) groups is 2. The molecule has 0 saturated heterocycles. The zero-order valence-electron chi connectivity index (χ0n) is 15.4. The highest BCUT2D eigenvalue weighted by Crippen LogP contribution is 2.39. The van der Waals surface area contributed by atoms with Crippen LogP contribution in [0.15, 0.2) is 6.07 Å². The number of fused-ring (bicyclic) bond motifs is 1. The van der Waals surface area contributed by atoms with Crippen LogP contribution in [0, 0.1) is 20.8 Å². The fraction of sp³-hybridized carbons (Fsp3) is 0.294. The number of aryl methyl sites for hydroxylation is 2. The van der Waals surface area contributed by atoms with E-state index in [0.29, 0.717) is 27.7 Å². The fourth-order valence-corrected chi connectivity index (χ4v) is 4.06. The molecule has 0 aliphatic rings. The van der Waals surface area contributed by atoms with Crippen molar-refractivity contribution in [3.63, 3.8) is 0 Å². The van der Waals surface area contributed by atoms with Gasteiger partial charge in [-0.15, -0.1) is 11.3 Å². The predicted molar refractivity (Wildman–Crippen MR) is 103 cm³/mol. The Kier molecular flexibility index (Phi) is 5.30. The van der Waals surface area contributed by atoms with E-state index in [9.17, 15) is 22.8 Å². The average Bonchev–Trinajstić information content (AvgIpc) is 3.08. The lowest BCUT2D eigenvalue weighted by atomic mass is 10.1. The van der Waals surface area contributed by atoms with Gasteiger partial charge in [0.05, 0.1) is 22.1 Å². The number of pyridine rings is 1. The molecule has 3 N–H and O–H groups in total. The Morgan fingerprint density at radius 3 is 2.48 bits per heavy atom. The van der Waals surface area contributed by atoms with Crippen LogP contribution in [-0.2, 0) is 17.5 Å². The summed E-state index contributed by atoms with van der Waals surface area (Å²) in [5, 5.41) is 7.38. The lowest BCUT2D eigenvalue weighted by Crippen LogP contribution is -2.22. The van der Waals surface area contributed by atoms with E-state index in [1.54, 1.807) is 13.8 Å². The molecule has 3 rings (SSSR count). The van der Waals surface area contributed by atoms with Crippen LogP contribution in [0.5, 0.6) is 0 Å². The number of nitrogens with zero attached hydrogens (tertiary/aromatic N) is 3. The molecule has 0 fully saturated rings. The molecule has 0 unspecified atom stereocenters. The van der Waals surface area contributed by atoms with E-state index in [-0.39, 0.29) is 32.9 Å². The lowest BCUT2D eigenvalue weighted by Gasteiger charge is -2.10. The fourth-order valence-electron chi connectivity index (χ4n) is 2.86. The van der Waals surface area contributed by atoms with E-state index in [1.165, 1.54) is 11.6 Å².